The lowest BCUT2D eigenvalue weighted by atomic mass is 9.81. The average Bonchev–Trinajstić information content (AvgIpc) is 2.79. The summed E-state index contributed by atoms with van der Waals surface area (Å²) in [5.74, 6) is 0.881. The normalized spacial score (nSPS) is 27.8. The first kappa shape index (κ1) is 13.0. The van der Waals surface area contributed by atoms with E-state index in [-0.39, 0.29) is 0 Å². The summed E-state index contributed by atoms with van der Waals surface area (Å²) in [6.07, 6.45) is 5.49. The molecular formula is C14H29N. The van der Waals surface area contributed by atoms with Crippen molar-refractivity contribution >= 4 is 0 Å². The highest BCUT2D eigenvalue weighted by Crippen LogP contribution is 2.30. The summed E-state index contributed by atoms with van der Waals surface area (Å²) in [4.78, 5) is 2.58. The minimum atomic E-state index is 0.563. The summed E-state index contributed by atoms with van der Waals surface area (Å²) in [7, 11) is 0. The van der Waals surface area contributed by atoms with Gasteiger partial charge in [-0.1, -0.05) is 34.1 Å². The van der Waals surface area contributed by atoms with Crippen molar-refractivity contribution in [3.63, 3.8) is 0 Å². The predicted molar refractivity (Wildman–Crippen MR) is 68.1 cm³/mol. The predicted octanol–water partition coefficient (Wildman–Crippen LogP) is 3.93. The summed E-state index contributed by atoms with van der Waals surface area (Å²) in [6, 6.07) is 0.871. The van der Waals surface area contributed by atoms with Crippen LogP contribution in [0.3, 0.4) is 0 Å². The molecule has 0 bridgehead atoms. The van der Waals surface area contributed by atoms with E-state index in [2.05, 4.69) is 39.5 Å². The molecule has 90 valence electrons. The SMILES string of the molecule is CCCC(C)(C)CCC(C)CN1CC1C. The smallest absolute Gasteiger partial charge is 0.0195 e. The molecule has 1 heteroatoms. The molecule has 1 nitrogen and oxygen atoms in total. The lowest BCUT2D eigenvalue weighted by Crippen LogP contribution is -2.17. The molecule has 1 rings (SSSR count). The van der Waals surface area contributed by atoms with Crippen LogP contribution >= 0.6 is 0 Å². The summed E-state index contributed by atoms with van der Waals surface area (Å²) < 4.78 is 0. The monoisotopic (exact) mass is 211 g/mol. The van der Waals surface area contributed by atoms with Gasteiger partial charge in [0.25, 0.3) is 0 Å². The number of hydrogen-bond donors (Lipinski definition) is 0. The fourth-order valence-electron chi connectivity index (χ4n) is 2.48. The van der Waals surface area contributed by atoms with Gasteiger partial charge in [0.05, 0.1) is 0 Å². The standard InChI is InChI=1S/C14H29N/c1-6-8-14(4,5)9-7-12(2)10-15-11-13(15)3/h12-13H,6-11H2,1-5H3. The van der Waals surface area contributed by atoms with Crippen LogP contribution in [-0.2, 0) is 0 Å². The molecule has 1 heterocycles. The van der Waals surface area contributed by atoms with Gasteiger partial charge in [-0.15, -0.1) is 0 Å². The first-order chi connectivity index (χ1) is 6.94. The molecule has 1 aliphatic rings. The molecular weight excluding hydrogens is 182 g/mol. The van der Waals surface area contributed by atoms with Gasteiger partial charge in [0, 0.05) is 19.1 Å². The van der Waals surface area contributed by atoms with Gasteiger partial charge < -0.3 is 0 Å². The van der Waals surface area contributed by atoms with Crippen molar-refractivity contribution in [2.45, 2.75) is 66.3 Å². The molecule has 0 saturated carbocycles. The Morgan fingerprint density at radius 3 is 2.40 bits per heavy atom. The van der Waals surface area contributed by atoms with Gasteiger partial charge in [0.1, 0.15) is 0 Å². The Morgan fingerprint density at radius 1 is 1.33 bits per heavy atom. The molecule has 0 N–H and O–H groups in total. The zero-order valence-corrected chi connectivity index (χ0v) is 11.3. The maximum Gasteiger partial charge on any atom is 0.0195 e. The van der Waals surface area contributed by atoms with Crippen LogP contribution in [0.25, 0.3) is 0 Å². The number of nitrogens with zero attached hydrogens (tertiary/aromatic N) is 1. The Labute approximate surface area is 96.2 Å². The molecule has 0 aliphatic carbocycles. The van der Waals surface area contributed by atoms with Crippen molar-refractivity contribution in [2.24, 2.45) is 11.3 Å². The Hall–Kier alpha value is -0.0400. The first-order valence-electron chi connectivity index (χ1n) is 6.68. The Morgan fingerprint density at radius 2 is 1.93 bits per heavy atom. The highest BCUT2D eigenvalue weighted by Gasteiger charge is 2.30. The summed E-state index contributed by atoms with van der Waals surface area (Å²) in [5, 5.41) is 0. The summed E-state index contributed by atoms with van der Waals surface area (Å²) in [5.41, 5.74) is 0.563. The van der Waals surface area contributed by atoms with Gasteiger partial charge in [-0.3, -0.25) is 4.90 Å². The maximum absolute atomic E-state index is 2.58. The topological polar surface area (TPSA) is 3.01 Å². The van der Waals surface area contributed by atoms with Gasteiger partial charge in [0.15, 0.2) is 0 Å². The molecule has 3 unspecified atom stereocenters. The molecule has 0 spiro atoms. The van der Waals surface area contributed by atoms with Gasteiger partial charge >= 0.3 is 0 Å². The minimum Gasteiger partial charge on any atom is -0.298 e. The van der Waals surface area contributed by atoms with E-state index in [1.807, 2.05) is 0 Å². The third-order valence-electron chi connectivity index (χ3n) is 3.78. The third-order valence-corrected chi connectivity index (χ3v) is 3.78. The summed E-state index contributed by atoms with van der Waals surface area (Å²) in [6.45, 7) is 14.5. The van der Waals surface area contributed by atoms with Gasteiger partial charge in [-0.25, -0.2) is 0 Å². The zero-order chi connectivity index (χ0) is 11.5. The van der Waals surface area contributed by atoms with Crippen LogP contribution < -0.4 is 0 Å². The maximum atomic E-state index is 2.58. The molecule has 0 aromatic carbocycles. The molecule has 0 radical (unpaired) electrons. The van der Waals surface area contributed by atoms with E-state index in [0.717, 1.165) is 12.0 Å². The van der Waals surface area contributed by atoms with Crippen LogP contribution in [-0.4, -0.2) is 24.0 Å². The van der Waals surface area contributed by atoms with Crippen LogP contribution in [0, 0.1) is 11.3 Å². The molecule has 1 fully saturated rings. The second kappa shape index (κ2) is 5.34. The largest absolute Gasteiger partial charge is 0.298 e. The molecule has 3 atom stereocenters. The van der Waals surface area contributed by atoms with E-state index in [1.165, 1.54) is 38.8 Å². The van der Waals surface area contributed by atoms with Crippen LogP contribution in [0.1, 0.15) is 60.3 Å². The quantitative estimate of drug-likeness (QED) is 0.577. The molecule has 0 aromatic rings. The highest BCUT2D eigenvalue weighted by molar-refractivity contribution is 4.85. The molecule has 0 aromatic heterocycles. The molecule has 1 aliphatic heterocycles. The van der Waals surface area contributed by atoms with E-state index >= 15 is 0 Å². The Kier molecular flexibility index (Phi) is 4.64. The molecule has 1 saturated heterocycles. The fraction of sp³-hybridized carbons (Fsp3) is 1.00. The second-order valence-corrected chi connectivity index (χ2v) is 6.36. The van der Waals surface area contributed by atoms with E-state index in [9.17, 15) is 0 Å². The van der Waals surface area contributed by atoms with Crippen molar-refractivity contribution in [3.05, 3.63) is 0 Å². The van der Waals surface area contributed by atoms with E-state index in [4.69, 9.17) is 0 Å². The minimum absolute atomic E-state index is 0.563. The van der Waals surface area contributed by atoms with Crippen molar-refractivity contribution in [1.29, 1.82) is 0 Å². The van der Waals surface area contributed by atoms with E-state index in [1.54, 1.807) is 0 Å². The Balaban J connectivity index is 2.12. The first-order valence-corrected chi connectivity index (χ1v) is 6.68. The van der Waals surface area contributed by atoms with Gasteiger partial charge in [-0.2, -0.15) is 0 Å². The van der Waals surface area contributed by atoms with Crippen molar-refractivity contribution < 1.29 is 0 Å². The van der Waals surface area contributed by atoms with E-state index < -0.39 is 0 Å². The van der Waals surface area contributed by atoms with Crippen molar-refractivity contribution in [1.82, 2.24) is 4.90 Å². The zero-order valence-electron chi connectivity index (χ0n) is 11.3. The van der Waals surface area contributed by atoms with Crippen molar-refractivity contribution in [2.75, 3.05) is 13.1 Å². The van der Waals surface area contributed by atoms with Crippen LogP contribution in [0.15, 0.2) is 0 Å². The van der Waals surface area contributed by atoms with E-state index in [0.29, 0.717) is 5.41 Å². The highest BCUT2D eigenvalue weighted by atomic mass is 15.3. The molecule has 15 heavy (non-hydrogen) atoms. The van der Waals surface area contributed by atoms with Crippen molar-refractivity contribution in [3.8, 4) is 0 Å². The van der Waals surface area contributed by atoms with Crippen LogP contribution in [0.4, 0.5) is 0 Å². The molecule has 0 amide bonds. The van der Waals surface area contributed by atoms with Crippen LogP contribution in [0.5, 0.6) is 0 Å². The number of hydrogen-bond acceptors (Lipinski definition) is 1. The van der Waals surface area contributed by atoms with Gasteiger partial charge in [0.2, 0.25) is 0 Å². The fourth-order valence-corrected chi connectivity index (χ4v) is 2.48. The lowest BCUT2D eigenvalue weighted by molar-refractivity contribution is 0.262. The Bertz CT molecular complexity index is 186. The van der Waals surface area contributed by atoms with Crippen LogP contribution in [0.2, 0.25) is 0 Å². The second-order valence-electron chi connectivity index (χ2n) is 6.36. The average molecular weight is 211 g/mol. The lowest BCUT2D eigenvalue weighted by Gasteiger charge is -2.25. The number of rotatable bonds is 7. The third kappa shape index (κ3) is 5.01. The summed E-state index contributed by atoms with van der Waals surface area (Å²) >= 11 is 0. The van der Waals surface area contributed by atoms with Gasteiger partial charge in [-0.05, 0) is 37.5 Å².